The highest BCUT2D eigenvalue weighted by Gasteiger charge is 2.14. The summed E-state index contributed by atoms with van der Waals surface area (Å²) in [5.74, 6) is 0.0989. The highest BCUT2D eigenvalue weighted by Crippen LogP contribution is 2.12. The van der Waals surface area contributed by atoms with Crippen molar-refractivity contribution in [3.63, 3.8) is 0 Å². The predicted octanol–water partition coefficient (Wildman–Crippen LogP) is 2.67. The molecule has 1 heterocycles. The van der Waals surface area contributed by atoms with Crippen molar-refractivity contribution in [3.05, 3.63) is 58.3 Å². The van der Waals surface area contributed by atoms with Crippen LogP contribution < -0.4 is 5.73 Å². The van der Waals surface area contributed by atoms with Gasteiger partial charge in [0.05, 0.1) is 6.54 Å². The van der Waals surface area contributed by atoms with Crippen LogP contribution in [0.5, 0.6) is 0 Å². The molecule has 0 bridgehead atoms. The van der Waals surface area contributed by atoms with Gasteiger partial charge < -0.3 is 10.6 Å². The van der Waals surface area contributed by atoms with E-state index in [0.29, 0.717) is 13.0 Å². The van der Waals surface area contributed by atoms with Crippen LogP contribution >= 0.6 is 11.3 Å². The zero-order chi connectivity index (χ0) is 14.4. The van der Waals surface area contributed by atoms with Crippen LogP contribution in [0.2, 0.25) is 0 Å². The van der Waals surface area contributed by atoms with E-state index in [4.69, 9.17) is 5.73 Å². The molecule has 2 rings (SSSR count). The number of amides is 1. The molecule has 1 aromatic heterocycles. The number of thiophene rings is 1. The fourth-order valence-electron chi connectivity index (χ4n) is 2.09. The summed E-state index contributed by atoms with van der Waals surface area (Å²) in [4.78, 5) is 15.1. The smallest absolute Gasteiger partial charge is 0.224 e. The lowest BCUT2D eigenvalue weighted by molar-refractivity contribution is -0.130. The highest BCUT2D eigenvalue weighted by molar-refractivity contribution is 7.09. The summed E-state index contributed by atoms with van der Waals surface area (Å²) < 4.78 is 0. The summed E-state index contributed by atoms with van der Waals surface area (Å²) in [7, 11) is 1.83. The SMILES string of the molecule is CN(Cc1cccs1)C(=O)C[C@H](N)Cc1ccccc1. The summed E-state index contributed by atoms with van der Waals surface area (Å²) in [6.07, 6.45) is 1.12. The number of hydrogen-bond acceptors (Lipinski definition) is 3. The van der Waals surface area contributed by atoms with E-state index < -0.39 is 0 Å². The van der Waals surface area contributed by atoms with E-state index in [0.717, 1.165) is 6.42 Å². The Balaban J connectivity index is 1.81. The molecular weight excluding hydrogens is 268 g/mol. The number of hydrogen-bond donors (Lipinski definition) is 1. The van der Waals surface area contributed by atoms with Crippen LogP contribution in [0.1, 0.15) is 16.9 Å². The van der Waals surface area contributed by atoms with E-state index in [9.17, 15) is 4.79 Å². The molecule has 0 saturated heterocycles. The average molecular weight is 288 g/mol. The van der Waals surface area contributed by atoms with E-state index in [2.05, 4.69) is 0 Å². The second-order valence-corrected chi connectivity index (χ2v) is 6.02. The number of nitrogens with zero attached hydrogens (tertiary/aromatic N) is 1. The van der Waals surface area contributed by atoms with Gasteiger partial charge in [0.2, 0.25) is 5.91 Å². The van der Waals surface area contributed by atoms with E-state index in [-0.39, 0.29) is 11.9 Å². The Bertz CT molecular complexity index is 525. The Morgan fingerprint density at radius 2 is 2.00 bits per heavy atom. The van der Waals surface area contributed by atoms with Gasteiger partial charge in [0.1, 0.15) is 0 Å². The molecule has 0 spiro atoms. The molecule has 0 aliphatic carbocycles. The van der Waals surface area contributed by atoms with Crippen LogP contribution in [0.3, 0.4) is 0 Å². The van der Waals surface area contributed by atoms with Crippen molar-refractivity contribution in [1.82, 2.24) is 4.90 Å². The predicted molar refractivity (Wildman–Crippen MR) is 83.5 cm³/mol. The molecule has 4 heteroatoms. The number of benzene rings is 1. The molecule has 0 aliphatic rings. The molecule has 106 valence electrons. The van der Waals surface area contributed by atoms with Crippen molar-refractivity contribution >= 4 is 17.2 Å². The molecule has 3 nitrogen and oxygen atoms in total. The van der Waals surface area contributed by atoms with Crippen LogP contribution in [0.4, 0.5) is 0 Å². The van der Waals surface area contributed by atoms with E-state index >= 15 is 0 Å². The normalized spacial score (nSPS) is 12.1. The van der Waals surface area contributed by atoms with Crippen LogP contribution in [-0.4, -0.2) is 23.9 Å². The van der Waals surface area contributed by atoms with Gasteiger partial charge in [-0.3, -0.25) is 4.79 Å². The van der Waals surface area contributed by atoms with Gasteiger partial charge in [-0.25, -0.2) is 0 Å². The van der Waals surface area contributed by atoms with Crippen molar-refractivity contribution in [2.45, 2.75) is 25.4 Å². The molecule has 2 aromatic rings. The zero-order valence-electron chi connectivity index (χ0n) is 11.7. The topological polar surface area (TPSA) is 46.3 Å². The van der Waals surface area contributed by atoms with Crippen LogP contribution in [0.15, 0.2) is 47.8 Å². The first-order chi connectivity index (χ1) is 9.65. The Morgan fingerprint density at radius 3 is 2.65 bits per heavy atom. The van der Waals surface area contributed by atoms with Crippen LogP contribution in [-0.2, 0) is 17.8 Å². The van der Waals surface area contributed by atoms with Crippen LogP contribution in [0.25, 0.3) is 0 Å². The van der Waals surface area contributed by atoms with Crippen molar-refractivity contribution < 1.29 is 4.79 Å². The first kappa shape index (κ1) is 14.8. The maximum atomic E-state index is 12.1. The molecule has 0 fully saturated rings. The summed E-state index contributed by atoms with van der Waals surface area (Å²) >= 11 is 1.67. The first-order valence-corrected chi connectivity index (χ1v) is 7.59. The lowest BCUT2D eigenvalue weighted by Crippen LogP contribution is -2.34. The van der Waals surface area contributed by atoms with Gasteiger partial charge in [0, 0.05) is 24.4 Å². The first-order valence-electron chi connectivity index (χ1n) is 6.71. The average Bonchev–Trinajstić information content (AvgIpc) is 2.92. The lowest BCUT2D eigenvalue weighted by atomic mass is 10.0. The fourth-order valence-corrected chi connectivity index (χ4v) is 2.85. The maximum absolute atomic E-state index is 12.1. The van der Waals surface area contributed by atoms with Gasteiger partial charge >= 0.3 is 0 Å². The quantitative estimate of drug-likeness (QED) is 0.888. The standard InChI is InChI=1S/C16H20N2OS/c1-18(12-15-8-5-9-20-15)16(19)11-14(17)10-13-6-3-2-4-7-13/h2-9,14H,10-12,17H2,1H3/t14-/m1/s1. The summed E-state index contributed by atoms with van der Waals surface area (Å²) in [6, 6.07) is 14.0. The minimum absolute atomic E-state index is 0.0989. The highest BCUT2D eigenvalue weighted by atomic mass is 32.1. The van der Waals surface area contributed by atoms with Gasteiger partial charge in [0.15, 0.2) is 0 Å². The van der Waals surface area contributed by atoms with E-state index in [1.54, 1.807) is 16.2 Å². The summed E-state index contributed by atoms with van der Waals surface area (Å²) in [6.45, 7) is 0.661. The third kappa shape index (κ3) is 4.47. The summed E-state index contributed by atoms with van der Waals surface area (Å²) in [5, 5.41) is 2.02. The third-order valence-corrected chi connectivity index (χ3v) is 4.04. The molecule has 0 saturated carbocycles. The Morgan fingerprint density at radius 1 is 1.25 bits per heavy atom. The Kier molecular flexibility index (Phi) is 5.32. The zero-order valence-corrected chi connectivity index (χ0v) is 12.5. The molecule has 0 aliphatic heterocycles. The van der Waals surface area contributed by atoms with Gasteiger partial charge in [-0.15, -0.1) is 11.3 Å². The van der Waals surface area contributed by atoms with Gasteiger partial charge in [-0.05, 0) is 23.4 Å². The van der Waals surface area contributed by atoms with Crippen molar-refractivity contribution in [2.24, 2.45) is 5.73 Å². The van der Waals surface area contributed by atoms with Gasteiger partial charge in [-0.2, -0.15) is 0 Å². The Labute approximate surface area is 124 Å². The van der Waals surface area contributed by atoms with Crippen molar-refractivity contribution in [2.75, 3.05) is 7.05 Å². The second-order valence-electron chi connectivity index (χ2n) is 4.98. The van der Waals surface area contributed by atoms with Crippen LogP contribution in [0, 0.1) is 0 Å². The van der Waals surface area contributed by atoms with Gasteiger partial charge in [0.25, 0.3) is 0 Å². The number of nitrogens with two attached hydrogens (primary N) is 1. The van der Waals surface area contributed by atoms with E-state index in [1.165, 1.54) is 10.4 Å². The number of carbonyl (C=O) groups excluding carboxylic acids is 1. The summed E-state index contributed by atoms with van der Waals surface area (Å²) in [5.41, 5.74) is 7.25. The number of rotatable bonds is 6. The molecule has 2 N–H and O–H groups in total. The van der Waals surface area contributed by atoms with Gasteiger partial charge in [-0.1, -0.05) is 36.4 Å². The number of carbonyl (C=O) groups is 1. The van der Waals surface area contributed by atoms with Crippen molar-refractivity contribution in [1.29, 1.82) is 0 Å². The monoisotopic (exact) mass is 288 g/mol. The maximum Gasteiger partial charge on any atom is 0.224 e. The fraction of sp³-hybridized carbons (Fsp3) is 0.312. The molecular formula is C16H20N2OS. The largest absolute Gasteiger partial charge is 0.341 e. The molecule has 1 amide bonds. The molecule has 1 atom stereocenters. The molecule has 0 radical (unpaired) electrons. The minimum atomic E-state index is -0.129. The second kappa shape index (κ2) is 7.22. The minimum Gasteiger partial charge on any atom is -0.341 e. The van der Waals surface area contributed by atoms with E-state index in [1.807, 2.05) is 54.9 Å². The lowest BCUT2D eigenvalue weighted by Gasteiger charge is -2.19. The molecule has 20 heavy (non-hydrogen) atoms. The van der Waals surface area contributed by atoms with Crippen molar-refractivity contribution in [3.8, 4) is 0 Å². The molecule has 0 unspecified atom stereocenters. The molecule has 1 aromatic carbocycles. The third-order valence-electron chi connectivity index (χ3n) is 3.18. The Hall–Kier alpha value is -1.65.